The van der Waals surface area contributed by atoms with E-state index in [-0.39, 0.29) is 17.2 Å². The van der Waals surface area contributed by atoms with E-state index in [0.29, 0.717) is 5.56 Å². The van der Waals surface area contributed by atoms with Gasteiger partial charge < -0.3 is 4.57 Å². The molecule has 0 fully saturated rings. The van der Waals surface area contributed by atoms with Gasteiger partial charge >= 0.3 is 0 Å². The van der Waals surface area contributed by atoms with Crippen LogP contribution < -0.4 is 4.72 Å². The topological polar surface area (TPSA) is 81.1 Å². The number of benzene rings is 2. The first kappa shape index (κ1) is 18.0. The molecule has 3 aromatic rings. The van der Waals surface area contributed by atoms with Crippen molar-refractivity contribution >= 4 is 15.8 Å². The highest BCUT2D eigenvalue weighted by molar-refractivity contribution is 7.89. The molecule has 0 saturated carbocycles. The molecule has 0 amide bonds. The predicted molar refractivity (Wildman–Crippen MR) is 98.8 cm³/mol. The van der Waals surface area contributed by atoms with Crippen molar-refractivity contribution in [2.45, 2.75) is 25.3 Å². The lowest BCUT2D eigenvalue weighted by Gasteiger charge is -2.13. The van der Waals surface area contributed by atoms with Crippen molar-refractivity contribution in [2.24, 2.45) is 0 Å². The lowest BCUT2D eigenvalue weighted by molar-refractivity contribution is 0.101. The highest BCUT2D eigenvalue weighted by atomic mass is 32.2. The zero-order valence-electron chi connectivity index (χ0n) is 14.5. The van der Waals surface area contributed by atoms with E-state index in [1.807, 2.05) is 42.0 Å². The molecule has 0 aliphatic heterocycles. The van der Waals surface area contributed by atoms with Crippen molar-refractivity contribution in [3.05, 3.63) is 77.9 Å². The van der Waals surface area contributed by atoms with E-state index in [4.69, 9.17) is 0 Å². The quantitative estimate of drug-likeness (QED) is 0.678. The fourth-order valence-electron chi connectivity index (χ4n) is 2.67. The molecule has 0 aliphatic carbocycles. The monoisotopic (exact) mass is 369 g/mol. The highest BCUT2D eigenvalue weighted by Crippen LogP contribution is 2.18. The van der Waals surface area contributed by atoms with Gasteiger partial charge in [0.25, 0.3) is 0 Å². The SMILES string of the molecule is CC(=O)c1cccc(S(=O)(=O)NCc2ccccc2-n2ccnc2C)c1. The number of rotatable bonds is 6. The van der Waals surface area contributed by atoms with E-state index in [2.05, 4.69) is 9.71 Å². The van der Waals surface area contributed by atoms with Crippen LogP contribution in [0.3, 0.4) is 0 Å². The number of carbonyl (C=O) groups is 1. The molecule has 0 unspecified atom stereocenters. The van der Waals surface area contributed by atoms with Crippen molar-refractivity contribution in [3.63, 3.8) is 0 Å². The predicted octanol–water partition coefficient (Wildman–Crippen LogP) is 2.86. The lowest BCUT2D eigenvalue weighted by atomic mass is 10.2. The van der Waals surface area contributed by atoms with Crippen LogP contribution in [-0.2, 0) is 16.6 Å². The Morgan fingerprint density at radius 2 is 1.92 bits per heavy atom. The number of para-hydroxylation sites is 1. The van der Waals surface area contributed by atoms with Crippen molar-refractivity contribution in [1.82, 2.24) is 14.3 Å². The number of nitrogens with one attached hydrogen (secondary N) is 1. The van der Waals surface area contributed by atoms with Crippen molar-refractivity contribution in [1.29, 1.82) is 0 Å². The van der Waals surface area contributed by atoms with Gasteiger partial charge in [0.1, 0.15) is 5.82 Å². The molecule has 0 radical (unpaired) electrons. The Balaban J connectivity index is 1.87. The van der Waals surface area contributed by atoms with Crippen molar-refractivity contribution < 1.29 is 13.2 Å². The number of Topliss-reactive ketones (excluding diaryl/α,β-unsaturated/α-hetero) is 1. The van der Waals surface area contributed by atoms with Gasteiger partial charge in [-0.05, 0) is 37.6 Å². The number of carbonyl (C=O) groups excluding carboxylic acids is 1. The fourth-order valence-corrected chi connectivity index (χ4v) is 3.72. The molecule has 0 saturated heterocycles. The van der Waals surface area contributed by atoms with E-state index in [0.717, 1.165) is 17.1 Å². The first-order chi connectivity index (χ1) is 12.4. The molecule has 26 heavy (non-hydrogen) atoms. The number of sulfonamides is 1. The molecule has 1 aromatic heterocycles. The average molecular weight is 369 g/mol. The second-order valence-corrected chi connectivity index (χ2v) is 7.65. The number of nitrogens with zero attached hydrogens (tertiary/aromatic N) is 2. The molecule has 1 N–H and O–H groups in total. The molecular weight excluding hydrogens is 350 g/mol. The summed E-state index contributed by atoms with van der Waals surface area (Å²) in [6, 6.07) is 13.5. The first-order valence-electron chi connectivity index (χ1n) is 8.07. The molecule has 6 nitrogen and oxygen atoms in total. The Labute approximate surface area is 152 Å². The Kier molecular flexibility index (Phi) is 5.01. The fraction of sp³-hybridized carbons (Fsp3) is 0.158. The molecule has 2 aromatic carbocycles. The zero-order valence-corrected chi connectivity index (χ0v) is 15.3. The van der Waals surface area contributed by atoms with Gasteiger partial charge in [-0.25, -0.2) is 18.1 Å². The van der Waals surface area contributed by atoms with Crippen LogP contribution in [0.4, 0.5) is 0 Å². The second-order valence-electron chi connectivity index (χ2n) is 5.88. The largest absolute Gasteiger partial charge is 0.304 e. The second kappa shape index (κ2) is 7.23. The molecule has 0 spiro atoms. The van der Waals surface area contributed by atoms with E-state index < -0.39 is 10.0 Å². The summed E-state index contributed by atoms with van der Waals surface area (Å²) in [4.78, 5) is 15.8. The Morgan fingerprint density at radius 3 is 2.62 bits per heavy atom. The summed E-state index contributed by atoms with van der Waals surface area (Å²) in [5.74, 6) is 0.637. The molecule has 0 bridgehead atoms. The number of imidazole rings is 1. The lowest BCUT2D eigenvalue weighted by Crippen LogP contribution is -2.24. The van der Waals surface area contributed by atoms with Gasteiger partial charge in [-0.15, -0.1) is 0 Å². The van der Waals surface area contributed by atoms with Gasteiger partial charge in [-0.2, -0.15) is 0 Å². The van der Waals surface area contributed by atoms with E-state index in [9.17, 15) is 13.2 Å². The van der Waals surface area contributed by atoms with Gasteiger partial charge in [0.15, 0.2) is 5.78 Å². The third-order valence-electron chi connectivity index (χ3n) is 4.08. The van der Waals surface area contributed by atoms with Crippen LogP contribution in [0.5, 0.6) is 0 Å². The summed E-state index contributed by atoms with van der Waals surface area (Å²) in [5, 5.41) is 0. The molecule has 3 rings (SSSR count). The maximum atomic E-state index is 12.6. The standard InChI is InChI=1S/C19H19N3O3S/c1-14(23)16-7-5-8-18(12-16)26(24,25)21-13-17-6-3-4-9-19(17)22-11-10-20-15(22)2/h3-12,21H,13H2,1-2H3. The minimum absolute atomic E-state index is 0.0708. The smallest absolute Gasteiger partial charge is 0.240 e. The Bertz CT molecular complexity index is 1060. The van der Waals surface area contributed by atoms with Gasteiger partial charge in [-0.1, -0.05) is 30.3 Å². The maximum absolute atomic E-state index is 12.6. The van der Waals surface area contributed by atoms with Crippen LogP contribution >= 0.6 is 0 Å². The zero-order chi connectivity index (χ0) is 18.7. The number of aryl methyl sites for hydroxylation is 1. The number of ketones is 1. The summed E-state index contributed by atoms with van der Waals surface area (Å²) < 4.78 is 29.7. The summed E-state index contributed by atoms with van der Waals surface area (Å²) in [6.07, 6.45) is 3.53. The van der Waals surface area contributed by atoms with Gasteiger partial charge in [0.05, 0.1) is 10.6 Å². The minimum Gasteiger partial charge on any atom is -0.304 e. The highest BCUT2D eigenvalue weighted by Gasteiger charge is 2.16. The Morgan fingerprint density at radius 1 is 1.15 bits per heavy atom. The molecule has 1 heterocycles. The summed E-state index contributed by atoms with van der Waals surface area (Å²) in [6.45, 7) is 3.41. The van der Waals surface area contributed by atoms with Gasteiger partial charge in [-0.3, -0.25) is 4.79 Å². The third kappa shape index (κ3) is 3.74. The molecular formula is C19H19N3O3S. The normalized spacial score (nSPS) is 11.5. The van der Waals surface area contributed by atoms with Crippen LogP contribution in [0.25, 0.3) is 5.69 Å². The van der Waals surface area contributed by atoms with Gasteiger partial charge in [0.2, 0.25) is 10.0 Å². The maximum Gasteiger partial charge on any atom is 0.240 e. The molecule has 7 heteroatoms. The number of aromatic nitrogens is 2. The molecule has 0 aliphatic rings. The molecule has 134 valence electrons. The van der Waals surface area contributed by atoms with E-state index in [1.54, 1.807) is 18.3 Å². The van der Waals surface area contributed by atoms with Crippen LogP contribution in [0.15, 0.2) is 65.8 Å². The van der Waals surface area contributed by atoms with Crippen LogP contribution in [-0.4, -0.2) is 23.8 Å². The first-order valence-corrected chi connectivity index (χ1v) is 9.56. The van der Waals surface area contributed by atoms with E-state index in [1.165, 1.54) is 19.1 Å². The van der Waals surface area contributed by atoms with Crippen LogP contribution in [0.2, 0.25) is 0 Å². The van der Waals surface area contributed by atoms with E-state index >= 15 is 0 Å². The average Bonchev–Trinajstić information content (AvgIpc) is 3.06. The summed E-state index contributed by atoms with van der Waals surface area (Å²) in [7, 11) is -3.74. The van der Waals surface area contributed by atoms with Gasteiger partial charge in [0, 0.05) is 24.5 Å². The molecule has 0 atom stereocenters. The van der Waals surface area contributed by atoms with Crippen molar-refractivity contribution in [3.8, 4) is 5.69 Å². The van der Waals surface area contributed by atoms with Crippen LogP contribution in [0, 0.1) is 6.92 Å². The van der Waals surface area contributed by atoms with Crippen LogP contribution in [0.1, 0.15) is 28.7 Å². The minimum atomic E-state index is -3.74. The number of hydrogen-bond acceptors (Lipinski definition) is 4. The summed E-state index contributed by atoms with van der Waals surface area (Å²) in [5.41, 5.74) is 2.05. The Hall–Kier alpha value is -2.77. The van der Waals surface area contributed by atoms with Crippen molar-refractivity contribution in [2.75, 3.05) is 0 Å². The number of hydrogen-bond donors (Lipinski definition) is 1. The third-order valence-corrected chi connectivity index (χ3v) is 5.48. The summed E-state index contributed by atoms with van der Waals surface area (Å²) >= 11 is 0.